The number of aromatic nitrogens is 3. The number of anilines is 1. The van der Waals surface area contributed by atoms with Crippen LogP contribution in [0.2, 0.25) is 0 Å². The molecule has 0 bridgehead atoms. The maximum absolute atomic E-state index is 14.1. The summed E-state index contributed by atoms with van der Waals surface area (Å²) in [6.45, 7) is 0. The molecule has 1 fully saturated rings. The third-order valence-corrected chi connectivity index (χ3v) is 3.57. The van der Waals surface area contributed by atoms with Crippen LogP contribution in [-0.2, 0) is 0 Å². The summed E-state index contributed by atoms with van der Waals surface area (Å²) >= 11 is 0. The Morgan fingerprint density at radius 3 is 2.89 bits per heavy atom. The highest BCUT2D eigenvalue weighted by Gasteiger charge is 2.35. The van der Waals surface area contributed by atoms with E-state index in [1.807, 2.05) is 0 Å². The first-order chi connectivity index (χ1) is 9.13. The molecule has 0 saturated heterocycles. The normalized spacial score (nSPS) is 22.8. The number of rotatable bonds is 1. The molecule has 2 N–H and O–H groups in total. The smallest absolute Gasteiger partial charge is 0.238 e. The van der Waals surface area contributed by atoms with Crippen molar-refractivity contribution in [1.29, 1.82) is 5.26 Å². The lowest BCUT2D eigenvalue weighted by atomic mass is 9.99. The number of nitrogens with two attached hydrogens (primary N) is 1. The molecule has 1 aliphatic rings. The summed E-state index contributed by atoms with van der Waals surface area (Å²) in [6, 6.07) is 1.80. The van der Waals surface area contributed by atoms with Crippen molar-refractivity contribution in [3.63, 3.8) is 0 Å². The highest BCUT2D eigenvalue weighted by Crippen LogP contribution is 2.39. The number of halogens is 2. The van der Waals surface area contributed by atoms with E-state index in [9.17, 15) is 8.78 Å². The standard InChI is InChI=1S/C12H11F2N5/c13-8-3-1-2-6(8)11-7(4-15)10(14)9-5-17-12(16)18-19(9)11/h5-6,8H,1-3H2,(H2,16,18). The van der Waals surface area contributed by atoms with E-state index in [-0.39, 0.29) is 22.7 Å². The summed E-state index contributed by atoms with van der Waals surface area (Å²) < 4.78 is 29.2. The van der Waals surface area contributed by atoms with Crippen LogP contribution < -0.4 is 5.73 Å². The lowest BCUT2D eigenvalue weighted by Gasteiger charge is -2.12. The van der Waals surface area contributed by atoms with Crippen molar-refractivity contribution in [3.05, 3.63) is 23.3 Å². The topological polar surface area (TPSA) is 80.0 Å². The number of nitrogen functional groups attached to an aromatic ring is 1. The molecule has 98 valence electrons. The minimum absolute atomic E-state index is 0.0401. The van der Waals surface area contributed by atoms with E-state index in [0.717, 1.165) is 0 Å². The molecule has 2 aromatic heterocycles. The van der Waals surface area contributed by atoms with Crippen molar-refractivity contribution in [3.8, 4) is 6.07 Å². The van der Waals surface area contributed by atoms with Crippen LogP contribution in [0.25, 0.3) is 5.52 Å². The zero-order valence-electron chi connectivity index (χ0n) is 9.98. The Labute approximate surface area is 107 Å². The molecule has 1 aliphatic carbocycles. The van der Waals surface area contributed by atoms with Gasteiger partial charge in [0.15, 0.2) is 5.82 Å². The second kappa shape index (κ2) is 4.16. The summed E-state index contributed by atoms with van der Waals surface area (Å²) in [6.07, 6.45) is 1.84. The molecule has 2 heterocycles. The molecule has 7 heteroatoms. The molecule has 0 amide bonds. The van der Waals surface area contributed by atoms with E-state index in [1.54, 1.807) is 6.07 Å². The van der Waals surface area contributed by atoms with Crippen molar-refractivity contribution in [1.82, 2.24) is 14.6 Å². The van der Waals surface area contributed by atoms with Gasteiger partial charge in [-0.2, -0.15) is 5.26 Å². The summed E-state index contributed by atoms with van der Waals surface area (Å²) in [4.78, 5) is 3.71. The number of hydrogen-bond donors (Lipinski definition) is 1. The Kier molecular flexibility index (Phi) is 2.59. The van der Waals surface area contributed by atoms with Crippen LogP contribution in [0.4, 0.5) is 14.7 Å². The van der Waals surface area contributed by atoms with Gasteiger partial charge in [-0.05, 0) is 19.3 Å². The van der Waals surface area contributed by atoms with Gasteiger partial charge in [0.05, 0.1) is 11.9 Å². The second-order valence-corrected chi connectivity index (χ2v) is 4.65. The summed E-state index contributed by atoms with van der Waals surface area (Å²) in [5, 5.41) is 13.0. The van der Waals surface area contributed by atoms with Crippen LogP contribution in [0, 0.1) is 17.1 Å². The number of fused-ring (bicyclic) bond motifs is 1. The molecule has 3 rings (SSSR count). The van der Waals surface area contributed by atoms with E-state index in [2.05, 4.69) is 10.1 Å². The first-order valence-electron chi connectivity index (χ1n) is 6.00. The average molecular weight is 263 g/mol. The lowest BCUT2D eigenvalue weighted by Crippen LogP contribution is -2.12. The average Bonchev–Trinajstić information content (AvgIpc) is 2.91. The monoisotopic (exact) mass is 263 g/mol. The maximum Gasteiger partial charge on any atom is 0.238 e. The predicted molar refractivity (Wildman–Crippen MR) is 63.6 cm³/mol. The van der Waals surface area contributed by atoms with Crippen LogP contribution in [0.1, 0.15) is 36.4 Å². The first kappa shape index (κ1) is 11.8. The Morgan fingerprint density at radius 2 is 2.26 bits per heavy atom. The fraction of sp³-hybridized carbons (Fsp3) is 0.417. The van der Waals surface area contributed by atoms with Crippen molar-refractivity contribution < 1.29 is 8.78 Å². The fourth-order valence-electron chi connectivity index (χ4n) is 2.72. The summed E-state index contributed by atoms with van der Waals surface area (Å²) in [7, 11) is 0. The van der Waals surface area contributed by atoms with Crippen LogP contribution in [0.3, 0.4) is 0 Å². The molecule has 2 atom stereocenters. The van der Waals surface area contributed by atoms with Crippen molar-refractivity contribution in [2.45, 2.75) is 31.4 Å². The molecule has 5 nitrogen and oxygen atoms in total. The SMILES string of the molecule is N#Cc1c(F)c2cnc(N)nn2c1C1CCCC1F. The van der Waals surface area contributed by atoms with Gasteiger partial charge in [0, 0.05) is 5.92 Å². The molecule has 1 saturated carbocycles. The van der Waals surface area contributed by atoms with Crippen LogP contribution >= 0.6 is 0 Å². The molecule has 0 spiro atoms. The Morgan fingerprint density at radius 1 is 1.47 bits per heavy atom. The third kappa shape index (κ3) is 1.63. The molecule has 0 radical (unpaired) electrons. The van der Waals surface area contributed by atoms with E-state index in [4.69, 9.17) is 11.0 Å². The summed E-state index contributed by atoms with van der Waals surface area (Å²) in [5.74, 6) is -1.26. The number of nitriles is 1. The van der Waals surface area contributed by atoms with Gasteiger partial charge in [0.25, 0.3) is 0 Å². The summed E-state index contributed by atoms with van der Waals surface area (Å²) in [5.41, 5.74) is 5.65. The highest BCUT2D eigenvalue weighted by molar-refractivity contribution is 5.58. The van der Waals surface area contributed by atoms with Crippen molar-refractivity contribution >= 4 is 11.5 Å². The van der Waals surface area contributed by atoms with Gasteiger partial charge in [-0.3, -0.25) is 0 Å². The van der Waals surface area contributed by atoms with E-state index in [0.29, 0.717) is 19.3 Å². The van der Waals surface area contributed by atoms with Gasteiger partial charge in [0.2, 0.25) is 5.95 Å². The molecule has 2 unspecified atom stereocenters. The molecule has 0 aromatic carbocycles. The van der Waals surface area contributed by atoms with Crippen molar-refractivity contribution in [2.24, 2.45) is 0 Å². The van der Waals surface area contributed by atoms with Crippen LogP contribution in [0.5, 0.6) is 0 Å². The van der Waals surface area contributed by atoms with Gasteiger partial charge in [0.1, 0.15) is 23.3 Å². The number of hydrogen-bond acceptors (Lipinski definition) is 4. The zero-order valence-corrected chi connectivity index (χ0v) is 9.98. The lowest BCUT2D eigenvalue weighted by molar-refractivity contribution is 0.307. The molecule has 2 aromatic rings. The largest absolute Gasteiger partial charge is 0.367 e. The molecule has 0 aliphatic heterocycles. The molecule has 19 heavy (non-hydrogen) atoms. The van der Waals surface area contributed by atoms with E-state index in [1.165, 1.54) is 10.7 Å². The van der Waals surface area contributed by atoms with Crippen LogP contribution in [0.15, 0.2) is 6.20 Å². The van der Waals surface area contributed by atoms with Gasteiger partial charge < -0.3 is 5.73 Å². The fourth-order valence-corrected chi connectivity index (χ4v) is 2.72. The zero-order chi connectivity index (χ0) is 13.6. The van der Waals surface area contributed by atoms with E-state index < -0.39 is 17.9 Å². The van der Waals surface area contributed by atoms with E-state index >= 15 is 0 Å². The minimum Gasteiger partial charge on any atom is -0.367 e. The predicted octanol–water partition coefficient (Wildman–Crippen LogP) is 1.93. The third-order valence-electron chi connectivity index (χ3n) is 3.57. The van der Waals surface area contributed by atoms with Crippen LogP contribution in [-0.4, -0.2) is 20.8 Å². The van der Waals surface area contributed by atoms with Crippen molar-refractivity contribution in [2.75, 3.05) is 5.73 Å². The van der Waals surface area contributed by atoms with Gasteiger partial charge in [-0.25, -0.2) is 18.3 Å². The Bertz CT molecular complexity index is 687. The Hall–Kier alpha value is -2.23. The van der Waals surface area contributed by atoms with Gasteiger partial charge in [-0.15, -0.1) is 5.10 Å². The van der Waals surface area contributed by atoms with Gasteiger partial charge in [-0.1, -0.05) is 0 Å². The first-order valence-corrected chi connectivity index (χ1v) is 6.00. The quantitative estimate of drug-likeness (QED) is 0.852. The minimum atomic E-state index is -1.08. The Balaban J connectivity index is 2.32. The van der Waals surface area contributed by atoms with Gasteiger partial charge >= 0.3 is 0 Å². The highest BCUT2D eigenvalue weighted by atomic mass is 19.1. The number of alkyl halides is 1. The number of nitrogens with zero attached hydrogens (tertiary/aromatic N) is 4. The molecular formula is C12H11F2N5. The maximum atomic E-state index is 14.1. The second-order valence-electron chi connectivity index (χ2n) is 4.65. The molecular weight excluding hydrogens is 252 g/mol.